The van der Waals surface area contributed by atoms with Gasteiger partial charge in [0.1, 0.15) is 0 Å². The fourth-order valence-corrected chi connectivity index (χ4v) is 4.44. The average molecular weight is 400 g/mol. The number of rotatable bonds is 6. The Kier molecular flexibility index (Phi) is 6.50. The van der Waals surface area contributed by atoms with Gasteiger partial charge in [-0.2, -0.15) is 0 Å². The Morgan fingerprint density at radius 3 is 2.72 bits per heavy atom. The standard InChI is InChI=1S/C23H33N3O3/c1-17-14-25(10-11-29-17)15-19-5-2-4-18(12-19)13-24-22(27)21-6-3-9-26(16-21)23(28)20-7-8-20/h2,4-5,12,17,20-21H,3,6-11,13-16H2,1H3,(H,24,27). The molecule has 1 N–H and O–H groups in total. The van der Waals surface area contributed by atoms with Crippen molar-refractivity contribution in [2.45, 2.75) is 51.8 Å². The van der Waals surface area contributed by atoms with E-state index in [-0.39, 0.29) is 29.8 Å². The molecule has 29 heavy (non-hydrogen) atoms. The quantitative estimate of drug-likeness (QED) is 0.796. The van der Waals surface area contributed by atoms with Gasteiger partial charge in [-0.1, -0.05) is 24.3 Å². The number of amides is 2. The monoisotopic (exact) mass is 399 g/mol. The molecule has 2 heterocycles. The van der Waals surface area contributed by atoms with Gasteiger partial charge in [0.05, 0.1) is 18.6 Å². The van der Waals surface area contributed by atoms with Crippen molar-refractivity contribution in [3.8, 4) is 0 Å². The molecule has 2 aliphatic heterocycles. The summed E-state index contributed by atoms with van der Waals surface area (Å²) in [7, 11) is 0. The van der Waals surface area contributed by atoms with Crippen LogP contribution in [0.4, 0.5) is 0 Å². The summed E-state index contributed by atoms with van der Waals surface area (Å²) in [6, 6.07) is 8.46. The van der Waals surface area contributed by atoms with Crippen molar-refractivity contribution < 1.29 is 14.3 Å². The van der Waals surface area contributed by atoms with Crippen molar-refractivity contribution in [2.24, 2.45) is 11.8 Å². The molecule has 1 aromatic rings. The number of nitrogens with one attached hydrogen (secondary N) is 1. The summed E-state index contributed by atoms with van der Waals surface area (Å²) < 4.78 is 5.62. The van der Waals surface area contributed by atoms with E-state index in [1.54, 1.807) is 0 Å². The SMILES string of the molecule is CC1CN(Cc2cccc(CNC(=O)C3CCCN(C(=O)C4CC4)C3)c2)CCO1. The van der Waals surface area contributed by atoms with Gasteiger partial charge in [-0.25, -0.2) is 0 Å². The first-order valence-electron chi connectivity index (χ1n) is 11.1. The molecule has 0 spiro atoms. The molecule has 2 atom stereocenters. The molecule has 2 saturated heterocycles. The lowest BCUT2D eigenvalue weighted by molar-refractivity contribution is -0.136. The van der Waals surface area contributed by atoms with E-state index in [4.69, 9.17) is 4.74 Å². The second-order valence-electron chi connectivity index (χ2n) is 8.85. The number of hydrogen-bond donors (Lipinski definition) is 1. The number of ether oxygens (including phenoxy) is 1. The zero-order valence-electron chi connectivity index (χ0n) is 17.4. The van der Waals surface area contributed by atoms with Gasteiger partial charge in [-0.3, -0.25) is 14.5 Å². The Morgan fingerprint density at radius 2 is 1.93 bits per heavy atom. The summed E-state index contributed by atoms with van der Waals surface area (Å²) in [6.07, 6.45) is 4.12. The molecule has 2 unspecified atom stereocenters. The highest BCUT2D eigenvalue weighted by atomic mass is 16.5. The number of nitrogens with zero attached hydrogens (tertiary/aromatic N) is 2. The van der Waals surface area contributed by atoms with E-state index in [1.807, 2.05) is 4.90 Å². The van der Waals surface area contributed by atoms with Crippen LogP contribution in [0, 0.1) is 11.8 Å². The molecule has 0 aromatic heterocycles. The van der Waals surface area contributed by atoms with Gasteiger partial charge in [0.25, 0.3) is 0 Å². The van der Waals surface area contributed by atoms with E-state index in [9.17, 15) is 9.59 Å². The van der Waals surface area contributed by atoms with Crippen LogP contribution in [0.2, 0.25) is 0 Å². The lowest BCUT2D eigenvalue weighted by atomic mass is 9.96. The molecule has 6 nitrogen and oxygen atoms in total. The maximum absolute atomic E-state index is 12.7. The maximum Gasteiger partial charge on any atom is 0.225 e. The summed E-state index contributed by atoms with van der Waals surface area (Å²) >= 11 is 0. The summed E-state index contributed by atoms with van der Waals surface area (Å²) in [4.78, 5) is 29.3. The lowest BCUT2D eigenvalue weighted by Gasteiger charge is -2.32. The molecule has 3 fully saturated rings. The van der Waals surface area contributed by atoms with Gasteiger partial charge in [-0.15, -0.1) is 0 Å². The van der Waals surface area contributed by atoms with E-state index < -0.39 is 0 Å². The molecule has 158 valence electrons. The van der Waals surface area contributed by atoms with E-state index in [1.165, 1.54) is 5.56 Å². The van der Waals surface area contributed by atoms with Crippen LogP contribution >= 0.6 is 0 Å². The molecule has 4 rings (SSSR count). The van der Waals surface area contributed by atoms with Crippen molar-refractivity contribution >= 4 is 11.8 Å². The predicted molar refractivity (Wildman–Crippen MR) is 111 cm³/mol. The fraction of sp³-hybridized carbons (Fsp3) is 0.652. The minimum atomic E-state index is -0.0792. The van der Waals surface area contributed by atoms with E-state index in [0.29, 0.717) is 13.1 Å². The fourth-order valence-electron chi connectivity index (χ4n) is 4.44. The molecular weight excluding hydrogens is 366 g/mol. The number of likely N-dealkylation sites (tertiary alicyclic amines) is 1. The van der Waals surface area contributed by atoms with Crippen molar-refractivity contribution in [3.63, 3.8) is 0 Å². The van der Waals surface area contributed by atoms with Gasteiger partial charge in [0, 0.05) is 45.2 Å². The van der Waals surface area contributed by atoms with Crippen molar-refractivity contribution in [1.29, 1.82) is 0 Å². The van der Waals surface area contributed by atoms with Crippen LogP contribution in [-0.4, -0.2) is 60.5 Å². The highest BCUT2D eigenvalue weighted by Gasteiger charge is 2.36. The first-order valence-corrected chi connectivity index (χ1v) is 11.1. The van der Waals surface area contributed by atoms with Crippen LogP contribution in [0.3, 0.4) is 0 Å². The van der Waals surface area contributed by atoms with Crippen LogP contribution < -0.4 is 5.32 Å². The molecule has 0 bridgehead atoms. The normalized spacial score (nSPS) is 25.6. The number of carbonyl (C=O) groups excluding carboxylic acids is 2. The number of carbonyl (C=O) groups is 2. The largest absolute Gasteiger partial charge is 0.376 e. The Labute approximate surface area is 173 Å². The first kappa shape index (κ1) is 20.4. The van der Waals surface area contributed by atoms with E-state index in [2.05, 4.69) is 41.4 Å². The molecule has 1 aliphatic carbocycles. The van der Waals surface area contributed by atoms with E-state index >= 15 is 0 Å². The Morgan fingerprint density at radius 1 is 1.10 bits per heavy atom. The topological polar surface area (TPSA) is 61.9 Å². The highest BCUT2D eigenvalue weighted by Crippen LogP contribution is 2.32. The second kappa shape index (κ2) is 9.26. The highest BCUT2D eigenvalue weighted by molar-refractivity contribution is 5.83. The summed E-state index contributed by atoms with van der Waals surface area (Å²) in [5.41, 5.74) is 2.39. The lowest BCUT2D eigenvalue weighted by Crippen LogP contribution is -2.45. The van der Waals surface area contributed by atoms with Gasteiger partial charge < -0.3 is 15.0 Å². The van der Waals surface area contributed by atoms with Gasteiger partial charge in [0.2, 0.25) is 11.8 Å². The van der Waals surface area contributed by atoms with Crippen molar-refractivity contribution in [2.75, 3.05) is 32.8 Å². The third kappa shape index (κ3) is 5.58. The third-order valence-electron chi connectivity index (χ3n) is 6.22. The van der Waals surface area contributed by atoms with Crippen LogP contribution in [0.15, 0.2) is 24.3 Å². The minimum absolute atomic E-state index is 0.0747. The summed E-state index contributed by atoms with van der Waals surface area (Å²) in [5, 5.41) is 3.10. The van der Waals surface area contributed by atoms with Crippen LogP contribution in [0.25, 0.3) is 0 Å². The Balaban J connectivity index is 1.27. The van der Waals surface area contributed by atoms with Gasteiger partial charge in [-0.05, 0) is 43.7 Å². The first-order chi connectivity index (χ1) is 14.1. The second-order valence-corrected chi connectivity index (χ2v) is 8.85. The molecule has 6 heteroatoms. The number of morpholine rings is 1. The van der Waals surface area contributed by atoms with Crippen molar-refractivity contribution in [1.82, 2.24) is 15.1 Å². The third-order valence-corrected chi connectivity index (χ3v) is 6.22. The minimum Gasteiger partial charge on any atom is -0.376 e. The zero-order valence-corrected chi connectivity index (χ0v) is 17.4. The van der Waals surface area contributed by atoms with Crippen LogP contribution in [0.5, 0.6) is 0 Å². The van der Waals surface area contributed by atoms with E-state index in [0.717, 1.165) is 64.0 Å². The van der Waals surface area contributed by atoms with Crippen molar-refractivity contribution in [3.05, 3.63) is 35.4 Å². The average Bonchev–Trinajstić information content (AvgIpc) is 3.57. The number of hydrogen-bond acceptors (Lipinski definition) is 4. The molecule has 1 aromatic carbocycles. The molecule has 3 aliphatic rings. The molecular formula is C23H33N3O3. The van der Waals surface area contributed by atoms with Gasteiger partial charge >= 0.3 is 0 Å². The van der Waals surface area contributed by atoms with Crippen LogP contribution in [0.1, 0.15) is 43.7 Å². The maximum atomic E-state index is 12.7. The van der Waals surface area contributed by atoms with Crippen LogP contribution in [-0.2, 0) is 27.4 Å². The number of benzene rings is 1. The Hall–Kier alpha value is -1.92. The molecule has 1 saturated carbocycles. The smallest absolute Gasteiger partial charge is 0.225 e. The summed E-state index contributed by atoms with van der Waals surface area (Å²) in [5.74, 6) is 0.483. The molecule has 2 amide bonds. The summed E-state index contributed by atoms with van der Waals surface area (Å²) in [6.45, 7) is 7.66. The molecule has 0 radical (unpaired) electrons. The zero-order chi connectivity index (χ0) is 20.2. The number of piperidine rings is 1. The Bertz CT molecular complexity index is 734. The predicted octanol–water partition coefficient (Wildman–Crippen LogP) is 2.17. The van der Waals surface area contributed by atoms with Gasteiger partial charge in [0.15, 0.2) is 0 Å².